The molecule has 4 atom stereocenters. The van der Waals surface area contributed by atoms with Gasteiger partial charge in [-0.3, -0.25) is 9.69 Å². The summed E-state index contributed by atoms with van der Waals surface area (Å²) in [6.07, 6.45) is 2.23. The molecule has 1 aliphatic heterocycles. The van der Waals surface area contributed by atoms with Crippen LogP contribution < -0.4 is 0 Å². The van der Waals surface area contributed by atoms with Crippen molar-refractivity contribution in [1.82, 2.24) is 9.80 Å². The van der Waals surface area contributed by atoms with Gasteiger partial charge in [0.25, 0.3) is 0 Å². The first-order valence-corrected chi connectivity index (χ1v) is 14.9. The first kappa shape index (κ1) is 29.5. The number of hydrogen-bond donors (Lipinski definition) is 2. The number of carbonyl (C=O) groups excluding carboxylic acids is 1. The summed E-state index contributed by atoms with van der Waals surface area (Å²) in [6, 6.07) is 20.5. The van der Waals surface area contributed by atoms with Crippen LogP contribution in [0.2, 0.25) is 0 Å². The molecule has 1 heterocycles. The summed E-state index contributed by atoms with van der Waals surface area (Å²) in [5.41, 5.74) is 1.25. The third-order valence-corrected chi connectivity index (χ3v) is 10.2. The number of halogens is 3. The lowest BCUT2D eigenvalue weighted by molar-refractivity contribution is -0.176. The van der Waals surface area contributed by atoms with E-state index in [0.29, 0.717) is 37.7 Å². The van der Waals surface area contributed by atoms with E-state index in [2.05, 4.69) is 17.0 Å². The van der Waals surface area contributed by atoms with Crippen LogP contribution in [0.3, 0.4) is 0 Å². The van der Waals surface area contributed by atoms with Crippen LogP contribution >= 0.6 is 0 Å². The third kappa shape index (κ3) is 5.36. The maximum atomic E-state index is 13.3. The predicted molar refractivity (Wildman–Crippen MR) is 159 cm³/mol. The molecule has 2 N–H and O–H groups in total. The highest BCUT2D eigenvalue weighted by Gasteiger charge is 2.64. The number of carbonyl (C=O) groups is 1. The maximum absolute atomic E-state index is 13.3. The normalized spacial score (nSPS) is 27.0. The molecule has 6 rings (SSSR count). The number of alkyl halides is 3. The summed E-state index contributed by atoms with van der Waals surface area (Å²) in [7, 11) is 1.73. The van der Waals surface area contributed by atoms with Crippen LogP contribution in [0.4, 0.5) is 13.2 Å². The van der Waals surface area contributed by atoms with Gasteiger partial charge in [-0.15, -0.1) is 0 Å². The van der Waals surface area contributed by atoms with Gasteiger partial charge >= 0.3 is 6.18 Å². The lowest BCUT2D eigenvalue weighted by Gasteiger charge is -2.65. The van der Waals surface area contributed by atoms with Gasteiger partial charge in [-0.2, -0.15) is 13.2 Å². The summed E-state index contributed by atoms with van der Waals surface area (Å²) in [5.74, 6) is -0.135. The fraction of sp³-hybridized carbons (Fsp3) is 0.400. The summed E-state index contributed by atoms with van der Waals surface area (Å²) >= 11 is 0. The number of likely N-dealkylation sites (N-methyl/N-ethyl adjacent to an activating group) is 1. The average Bonchev–Trinajstić information content (AvgIpc) is 2.99. The summed E-state index contributed by atoms with van der Waals surface area (Å²) in [4.78, 5) is 17.4. The van der Waals surface area contributed by atoms with Crippen molar-refractivity contribution in [2.24, 2.45) is 0 Å². The minimum absolute atomic E-state index is 0.0789. The van der Waals surface area contributed by atoms with Gasteiger partial charge in [0.2, 0.25) is 5.91 Å². The van der Waals surface area contributed by atoms with Crippen LogP contribution in [0.5, 0.6) is 5.75 Å². The molecule has 3 aromatic carbocycles. The fourth-order valence-corrected chi connectivity index (χ4v) is 7.87. The van der Waals surface area contributed by atoms with Gasteiger partial charge in [0.1, 0.15) is 5.75 Å². The Labute approximate surface area is 250 Å². The summed E-state index contributed by atoms with van der Waals surface area (Å²) in [6.45, 7) is 1.64. The van der Waals surface area contributed by atoms with Crippen LogP contribution in [0.25, 0.3) is 6.08 Å². The highest BCUT2D eigenvalue weighted by molar-refractivity contribution is 5.91. The number of amides is 1. The fourth-order valence-electron chi connectivity index (χ4n) is 7.87. The minimum atomic E-state index is -4.46. The molecule has 5 nitrogen and oxygen atoms in total. The number of aromatic hydroxyl groups is 1. The SMILES string of the molecule is CN(C(=O)C=Cc1cccc(C(F)(F)F)c1)[C@@H]1CC[C@@]2(O)[C@H]3Cc4ccc(O)cc4[C@@]2(CCN3CCc2ccccc2)C1. The quantitative estimate of drug-likeness (QED) is 0.347. The van der Waals surface area contributed by atoms with Crippen molar-refractivity contribution < 1.29 is 28.2 Å². The van der Waals surface area contributed by atoms with Crippen molar-refractivity contribution in [1.29, 1.82) is 0 Å². The van der Waals surface area contributed by atoms with E-state index in [-0.39, 0.29) is 23.7 Å². The summed E-state index contributed by atoms with van der Waals surface area (Å²) < 4.78 is 39.4. The number of phenolic OH excluding ortho intramolecular Hbond substituents is 1. The molecule has 2 aliphatic carbocycles. The van der Waals surface area contributed by atoms with Gasteiger partial charge in [0.05, 0.1) is 11.2 Å². The first-order valence-electron chi connectivity index (χ1n) is 14.9. The molecule has 1 amide bonds. The van der Waals surface area contributed by atoms with E-state index in [1.165, 1.54) is 29.8 Å². The van der Waals surface area contributed by atoms with Crippen LogP contribution in [0.15, 0.2) is 78.9 Å². The zero-order chi connectivity index (χ0) is 30.4. The lowest BCUT2D eigenvalue weighted by atomic mass is 9.48. The van der Waals surface area contributed by atoms with Crippen molar-refractivity contribution in [3.63, 3.8) is 0 Å². The van der Waals surface area contributed by atoms with Gasteiger partial charge in [0.15, 0.2) is 0 Å². The zero-order valence-electron chi connectivity index (χ0n) is 24.2. The maximum Gasteiger partial charge on any atom is 0.416 e. The van der Waals surface area contributed by atoms with Gasteiger partial charge in [0, 0.05) is 37.2 Å². The Morgan fingerprint density at radius 2 is 1.86 bits per heavy atom. The zero-order valence-corrected chi connectivity index (χ0v) is 24.2. The van der Waals surface area contributed by atoms with Crippen LogP contribution in [0, 0.1) is 0 Å². The standard InChI is InChI=1S/C35H37F3N2O3/c1-39(32(42)13-10-25-8-5-9-27(20-25)35(36,37)38)28-14-16-34(43)31-21-26-11-12-29(41)22-30(26)33(34,23-28)17-19-40(31)18-15-24-6-3-2-4-7-24/h2-13,20,22,28,31,41,43H,14-19,21,23H2,1H3/t28-,31-,33-,34-/m1/s1. The van der Waals surface area contributed by atoms with E-state index in [4.69, 9.17) is 0 Å². The highest BCUT2D eigenvalue weighted by Crippen LogP contribution is 2.59. The number of benzene rings is 3. The Kier molecular flexibility index (Phi) is 7.63. The first-order chi connectivity index (χ1) is 20.5. The van der Waals surface area contributed by atoms with E-state index >= 15 is 0 Å². The Bertz CT molecular complexity index is 1520. The third-order valence-electron chi connectivity index (χ3n) is 10.2. The molecule has 1 saturated heterocycles. The number of rotatable bonds is 6. The number of nitrogens with zero attached hydrogens (tertiary/aromatic N) is 2. The van der Waals surface area contributed by atoms with E-state index in [9.17, 15) is 28.2 Å². The van der Waals surface area contributed by atoms with Gasteiger partial charge in [-0.05, 0) is 97.7 Å². The molecule has 3 aliphatic rings. The molecule has 2 bridgehead atoms. The Balaban J connectivity index is 1.25. The number of phenols is 1. The lowest BCUT2D eigenvalue weighted by Crippen LogP contribution is -2.74. The van der Waals surface area contributed by atoms with E-state index in [1.807, 2.05) is 24.3 Å². The van der Waals surface area contributed by atoms with E-state index in [0.717, 1.165) is 42.8 Å². The molecule has 1 saturated carbocycles. The number of hydrogen-bond acceptors (Lipinski definition) is 4. The molecule has 8 heteroatoms. The van der Waals surface area contributed by atoms with Crippen molar-refractivity contribution in [2.75, 3.05) is 20.1 Å². The Morgan fingerprint density at radius 1 is 1.07 bits per heavy atom. The van der Waals surface area contributed by atoms with Crippen molar-refractivity contribution >= 4 is 12.0 Å². The van der Waals surface area contributed by atoms with Crippen LogP contribution in [-0.2, 0) is 29.2 Å². The molecular weight excluding hydrogens is 553 g/mol. The predicted octanol–water partition coefficient (Wildman–Crippen LogP) is 5.98. The molecule has 3 aromatic rings. The Morgan fingerprint density at radius 3 is 2.63 bits per heavy atom. The molecule has 43 heavy (non-hydrogen) atoms. The van der Waals surface area contributed by atoms with Crippen LogP contribution in [-0.4, -0.2) is 63.7 Å². The Hall–Kier alpha value is -3.62. The monoisotopic (exact) mass is 590 g/mol. The topological polar surface area (TPSA) is 64.0 Å². The van der Waals surface area contributed by atoms with Gasteiger partial charge < -0.3 is 15.1 Å². The van der Waals surface area contributed by atoms with Crippen molar-refractivity contribution in [3.05, 3.63) is 107 Å². The highest BCUT2D eigenvalue weighted by atomic mass is 19.4. The second-order valence-electron chi connectivity index (χ2n) is 12.4. The van der Waals surface area contributed by atoms with Crippen LogP contribution in [0.1, 0.15) is 53.5 Å². The molecule has 226 valence electrons. The largest absolute Gasteiger partial charge is 0.508 e. The van der Waals surface area contributed by atoms with Crippen molar-refractivity contribution in [2.45, 2.75) is 67.8 Å². The molecule has 0 spiro atoms. The summed E-state index contributed by atoms with van der Waals surface area (Å²) in [5, 5.41) is 23.1. The minimum Gasteiger partial charge on any atom is -0.508 e. The molecular formula is C35H37F3N2O3. The number of aliphatic hydroxyl groups is 1. The molecule has 0 radical (unpaired) electrons. The molecule has 0 aromatic heterocycles. The second kappa shape index (κ2) is 11.1. The van der Waals surface area contributed by atoms with Gasteiger partial charge in [-0.25, -0.2) is 0 Å². The number of piperidine rings is 1. The van der Waals surface area contributed by atoms with Crippen molar-refractivity contribution in [3.8, 4) is 5.75 Å². The van der Waals surface area contributed by atoms with E-state index < -0.39 is 22.8 Å². The molecule has 0 unspecified atom stereocenters. The molecule has 2 fully saturated rings. The second-order valence-corrected chi connectivity index (χ2v) is 12.4. The van der Waals surface area contributed by atoms with E-state index in [1.54, 1.807) is 24.1 Å². The van der Waals surface area contributed by atoms with Gasteiger partial charge in [-0.1, -0.05) is 48.5 Å². The number of likely N-dealkylation sites (tertiary alicyclic amines) is 1. The smallest absolute Gasteiger partial charge is 0.416 e. The average molecular weight is 591 g/mol. The number of fused-ring (bicyclic) bond motifs is 1.